The van der Waals surface area contributed by atoms with Gasteiger partial charge in [-0.3, -0.25) is 0 Å². The number of rotatable bonds is 4. The van der Waals surface area contributed by atoms with Gasteiger partial charge in [-0.1, -0.05) is 36.8 Å². The average molecular weight is 249 g/mol. The molecule has 0 aliphatic carbocycles. The van der Waals surface area contributed by atoms with E-state index in [0.29, 0.717) is 12.2 Å². The molecule has 1 heterocycles. The minimum Gasteiger partial charge on any atom is -0.462 e. The first-order valence-electron chi connectivity index (χ1n) is 6.40. The molecule has 18 heavy (non-hydrogen) atoms. The first-order chi connectivity index (χ1) is 8.77. The third kappa shape index (κ3) is 3.55. The Morgan fingerprint density at radius 3 is 2.83 bits per heavy atom. The zero-order valence-corrected chi connectivity index (χ0v) is 10.3. The van der Waals surface area contributed by atoms with Gasteiger partial charge in [0.2, 0.25) is 0 Å². The van der Waals surface area contributed by atoms with Crippen molar-refractivity contribution in [3.8, 4) is 0 Å². The van der Waals surface area contributed by atoms with E-state index in [4.69, 9.17) is 4.74 Å². The smallest absolute Gasteiger partial charge is 0.339 e. The van der Waals surface area contributed by atoms with Crippen LogP contribution in [0.25, 0.3) is 0 Å². The lowest BCUT2D eigenvalue weighted by Gasteiger charge is -2.23. The molecule has 0 saturated carbocycles. The van der Waals surface area contributed by atoms with Crippen molar-refractivity contribution in [3.05, 3.63) is 35.9 Å². The molecule has 1 saturated heterocycles. The van der Waals surface area contributed by atoms with E-state index in [9.17, 15) is 9.90 Å². The van der Waals surface area contributed by atoms with Crippen molar-refractivity contribution < 1.29 is 14.6 Å². The number of carbonyl (C=O) groups is 1. The maximum Gasteiger partial charge on any atom is 0.339 e. The second kappa shape index (κ2) is 6.52. The molecule has 0 unspecified atom stereocenters. The highest BCUT2D eigenvalue weighted by Gasteiger charge is 2.21. The van der Waals surface area contributed by atoms with Crippen LogP contribution in [0.3, 0.4) is 0 Å². The van der Waals surface area contributed by atoms with Crippen molar-refractivity contribution in [2.75, 3.05) is 13.2 Å². The maximum absolute atomic E-state index is 11.7. The van der Waals surface area contributed by atoms with Crippen molar-refractivity contribution >= 4 is 5.97 Å². The van der Waals surface area contributed by atoms with Crippen molar-refractivity contribution in [3.63, 3.8) is 0 Å². The number of hydrogen-bond donors (Lipinski definition) is 2. The standard InChI is InChI=1S/C14H19NO3/c16-13(11-6-2-1-3-7-11)14(17)18-10-12-8-4-5-9-15-12/h1-3,6-7,12-13,15-16H,4-5,8-10H2/t12-,13-/m1/s1. The van der Waals surface area contributed by atoms with Crippen LogP contribution >= 0.6 is 0 Å². The first-order valence-corrected chi connectivity index (χ1v) is 6.40. The number of nitrogens with one attached hydrogen (secondary N) is 1. The molecule has 0 spiro atoms. The van der Waals surface area contributed by atoms with E-state index in [-0.39, 0.29) is 6.04 Å². The van der Waals surface area contributed by atoms with Gasteiger partial charge in [-0.2, -0.15) is 0 Å². The fourth-order valence-corrected chi connectivity index (χ4v) is 2.10. The summed E-state index contributed by atoms with van der Waals surface area (Å²) in [5.74, 6) is -0.575. The molecule has 0 radical (unpaired) electrons. The van der Waals surface area contributed by atoms with Crippen LogP contribution in [-0.2, 0) is 9.53 Å². The van der Waals surface area contributed by atoms with Gasteiger partial charge in [0, 0.05) is 6.04 Å². The van der Waals surface area contributed by atoms with Gasteiger partial charge in [0.25, 0.3) is 0 Å². The fraction of sp³-hybridized carbons (Fsp3) is 0.500. The van der Waals surface area contributed by atoms with Crippen LogP contribution in [0.4, 0.5) is 0 Å². The van der Waals surface area contributed by atoms with Crippen LogP contribution in [0, 0.1) is 0 Å². The molecule has 2 N–H and O–H groups in total. The van der Waals surface area contributed by atoms with Gasteiger partial charge in [0.1, 0.15) is 6.61 Å². The SMILES string of the molecule is O=C(OC[C@H]1CCCCN1)[C@H](O)c1ccccc1. The number of esters is 1. The maximum atomic E-state index is 11.7. The van der Waals surface area contributed by atoms with Crippen molar-refractivity contribution in [2.45, 2.75) is 31.4 Å². The Bertz CT molecular complexity index is 374. The van der Waals surface area contributed by atoms with E-state index in [2.05, 4.69) is 5.32 Å². The minimum absolute atomic E-state index is 0.227. The first kappa shape index (κ1) is 13.1. The largest absolute Gasteiger partial charge is 0.462 e. The molecule has 1 aliphatic rings. The minimum atomic E-state index is -1.19. The van der Waals surface area contributed by atoms with Crippen LogP contribution in [0.5, 0.6) is 0 Å². The summed E-state index contributed by atoms with van der Waals surface area (Å²) in [6.45, 7) is 1.31. The average Bonchev–Trinajstić information content (AvgIpc) is 2.46. The molecular weight excluding hydrogens is 230 g/mol. The molecule has 1 aliphatic heterocycles. The third-order valence-electron chi connectivity index (χ3n) is 3.18. The lowest BCUT2D eigenvalue weighted by atomic mass is 10.1. The van der Waals surface area contributed by atoms with Gasteiger partial charge < -0.3 is 15.2 Å². The van der Waals surface area contributed by atoms with Gasteiger partial charge in [0.15, 0.2) is 6.10 Å². The third-order valence-corrected chi connectivity index (χ3v) is 3.18. The summed E-state index contributed by atoms with van der Waals surface area (Å²) in [6, 6.07) is 9.07. The number of piperidine rings is 1. The Labute approximate surface area is 107 Å². The van der Waals surface area contributed by atoms with Gasteiger partial charge in [-0.15, -0.1) is 0 Å². The van der Waals surface area contributed by atoms with E-state index < -0.39 is 12.1 Å². The summed E-state index contributed by atoms with van der Waals surface area (Å²) < 4.78 is 5.15. The lowest BCUT2D eigenvalue weighted by Crippen LogP contribution is -2.38. The molecule has 1 aromatic rings. The van der Waals surface area contributed by atoms with E-state index >= 15 is 0 Å². The summed E-state index contributed by atoms with van der Waals surface area (Å²) in [4.78, 5) is 11.7. The van der Waals surface area contributed by atoms with Gasteiger partial charge in [0.05, 0.1) is 0 Å². The Kier molecular flexibility index (Phi) is 4.73. The van der Waals surface area contributed by atoms with Crippen molar-refractivity contribution in [1.29, 1.82) is 0 Å². The van der Waals surface area contributed by atoms with Crippen LogP contribution in [0.1, 0.15) is 30.9 Å². The Balaban J connectivity index is 1.80. The van der Waals surface area contributed by atoms with Gasteiger partial charge in [-0.05, 0) is 24.9 Å². The normalized spacial score (nSPS) is 21.3. The summed E-state index contributed by atoms with van der Waals surface area (Å²) in [5, 5.41) is 13.1. The highest BCUT2D eigenvalue weighted by molar-refractivity contribution is 5.76. The van der Waals surface area contributed by atoms with Gasteiger partial charge in [-0.25, -0.2) is 4.79 Å². The van der Waals surface area contributed by atoms with Crippen LogP contribution in [-0.4, -0.2) is 30.3 Å². The molecule has 2 atom stereocenters. The topological polar surface area (TPSA) is 58.6 Å². The molecule has 1 fully saturated rings. The van der Waals surface area contributed by atoms with Crippen molar-refractivity contribution in [2.24, 2.45) is 0 Å². The lowest BCUT2D eigenvalue weighted by molar-refractivity contribution is -0.154. The molecule has 4 nitrogen and oxygen atoms in total. The van der Waals surface area contributed by atoms with Crippen LogP contribution < -0.4 is 5.32 Å². The second-order valence-electron chi connectivity index (χ2n) is 4.59. The highest BCUT2D eigenvalue weighted by atomic mass is 16.5. The predicted molar refractivity (Wildman–Crippen MR) is 68.0 cm³/mol. The quantitative estimate of drug-likeness (QED) is 0.792. The molecular formula is C14H19NO3. The molecule has 98 valence electrons. The molecule has 4 heteroatoms. The number of aliphatic hydroxyl groups excluding tert-OH is 1. The molecule has 0 bridgehead atoms. The summed E-state index contributed by atoms with van der Waals surface area (Å²) in [5.41, 5.74) is 0.569. The van der Waals surface area contributed by atoms with E-state index in [1.54, 1.807) is 24.3 Å². The zero-order valence-electron chi connectivity index (χ0n) is 10.3. The second-order valence-corrected chi connectivity index (χ2v) is 4.59. The summed E-state index contributed by atoms with van der Waals surface area (Å²) >= 11 is 0. The van der Waals surface area contributed by atoms with E-state index in [0.717, 1.165) is 19.4 Å². The van der Waals surface area contributed by atoms with Crippen LogP contribution in [0.2, 0.25) is 0 Å². The number of ether oxygens (including phenoxy) is 1. The number of carbonyl (C=O) groups excluding carboxylic acids is 1. The Morgan fingerprint density at radius 1 is 1.39 bits per heavy atom. The number of aliphatic hydroxyl groups is 1. The Hall–Kier alpha value is -1.39. The fourth-order valence-electron chi connectivity index (χ4n) is 2.10. The highest BCUT2D eigenvalue weighted by Crippen LogP contribution is 2.14. The Morgan fingerprint density at radius 2 is 2.17 bits per heavy atom. The summed E-state index contributed by atoms with van der Waals surface area (Å²) in [6.07, 6.45) is 2.18. The molecule has 2 rings (SSSR count). The number of benzene rings is 1. The van der Waals surface area contributed by atoms with E-state index in [1.807, 2.05) is 6.07 Å². The van der Waals surface area contributed by atoms with Gasteiger partial charge >= 0.3 is 5.97 Å². The molecule has 1 aromatic carbocycles. The van der Waals surface area contributed by atoms with E-state index in [1.165, 1.54) is 6.42 Å². The molecule has 0 amide bonds. The molecule has 0 aromatic heterocycles. The predicted octanol–water partition coefficient (Wildman–Crippen LogP) is 1.41. The summed E-state index contributed by atoms with van der Waals surface area (Å²) in [7, 11) is 0. The number of hydrogen-bond acceptors (Lipinski definition) is 4. The zero-order chi connectivity index (χ0) is 12.8. The van der Waals surface area contributed by atoms with Crippen molar-refractivity contribution in [1.82, 2.24) is 5.32 Å². The monoisotopic (exact) mass is 249 g/mol. The van der Waals surface area contributed by atoms with Crippen LogP contribution in [0.15, 0.2) is 30.3 Å².